The molecule has 1 unspecified atom stereocenters. The molecule has 0 aromatic heterocycles. The number of hydrogen-bond donors (Lipinski definition) is 3. The Balaban J connectivity index is 1.67. The van der Waals surface area contributed by atoms with E-state index in [9.17, 15) is 22.8 Å². The summed E-state index contributed by atoms with van der Waals surface area (Å²) >= 11 is 0. The van der Waals surface area contributed by atoms with Gasteiger partial charge < -0.3 is 19.8 Å². The van der Waals surface area contributed by atoms with Crippen LogP contribution in [-0.2, 0) is 24.4 Å². The zero-order valence-corrected chi connectivity index (χ0v) is 20.0. The largest absolute Gasteiger partial charge is 0.481 e. The maximum Gasteiger partial charge on any atom is 0.322 e. The second-order valence-corrected chi connectivity index (χ2v) is 9.96. The lowest BCUT2D eigenvalue weighted by molar-refractivity contribution is -0.145. The number of sulfonamides is 1. The fourth-order valence-corrected chi connectivity index (χ4v) is 5.10. The van der Waals surface area contributed by atoms with E-state index < -0.39 is 46.3 Å². The molecular formula is C24H28N2O8S. The van der Waals surface area contributed by atoms with Crippen LogP contribution in [0.2, 0.25) is 0 Å². The topological polar surface area (TPSA) is 150 Å². The van der Waals surface area contributed by atoms with Gasteiger partial charge in [-0.3, -0.25) is 14.4 Å². The summed E-state index contributed by atoms with van der Waals surface area (Å²) in [5.74, 6) is -3.93. The zero-order chi connectivity index (χ0) is 25.6. The molecule has 1 aliphatic rings. The highest BCUT2D eigenvalue weighted by Gasteiger charge is 2.28. The second-order valence-electron chi connectivity index (χ2n) is 8.25. The number of rotatable bonds is 11. The van der Waals surface area contributed by atoms with Crippen LogP contribution in [0.25, 0.3) is 0 Å². The van der Waals surface area contributed by atoms with Crippen LogP contribution in [0.15, 0.2) is 53.4 Å². The van der Waals surface area contributed by atoms with Gasteiger partial charge in [-0.15, -0.1) is 0 Å². The Morgan fingerprint density at radius 3 is 2.11 bits per heavy atom. The first-order chi connectivity index (χ1) is 16.6. The van der Waals surface area contributed by atoms with Crippen LogP contribution in [0.4, 0.5) is 5.69 Å². The molecular weight excluding hydrogens is 476 g/mol. The van der Waals surface area contributed by atoms with E-state index >= 15 is 0 Å². The molecule has 2 aromatic carbocycles. The lowest BCUT2D eigenvalue weighted by Gasteiger charge is -2.19. The Labute approximate surface area is 203 Å². The number of anilines is 1. The highest BCUT2D eigenvalue weighted by atomic mass is 32.2. The van der Waals surface area contributed by atoms with Gasteiger partial charge in [-0.2, -0.15) is 4.72 Å². The Bertz CT molecular complexity index is 1160. The minimum absolute atomic E-state index is 0.126. The number of ether oxygens (including phenoxy) is 1. The van der Waals surface area contributed by atoms with E-state index in [1.807, 2.05) is 35.9 Å². The summed E-state index contributed by atoms with van der Waals surface area (Å²) < 4.78 is 32.2. The normalized spacial score (nSPS) is 15.4. The number of carbonyl (C=O) groups excluding carboxylic acids is 1. The van der Waals surface area contributed by atoms with Gasteiger partial charge in [-0.05, 0) is 61.2 Å². The van der Waals surface area contributed by atoms with Crippen LogP contribution in [-0.4, -0.2) is 55.7 Å². The third-order valence-corrected chi connectivity index (χ3v) is 7.27. The molecule has 0 spiro atoms. The molecule has 1 heterocycles. The number of nitrogens with zero attached hydrogens (tertiary/aromatic N) is 1. The fraction of sp³-hybridized carbons (Fsp3) is 0.375. The predicted molar refractivity (Wildman–Crippen MR) is 127 cm³/mol. The van der Waals surface area contributed by atoms with Gasteiger partial charge >= 0.3 is 17.9 Å². The Kier molecular flexibility index (Phi) is 8.47. The van der Waals surface area contributed by atoms with Crippen molar-refractivity contribution in [3.8, 4) is 5.75 Å². The molecule has 0 bridgehead atoms. The lowest BCUT2D eigenvalue weighted by atomic mass is 9.96. The van der Waals surface area contributed by atoms with Crippen LogP contribution in [0.3, 0.4) is 0 Å². The third-order valence-electron chi connectivity index (χ3n) is 5.79. The summed E-state index contributed by atoms with van der Waals surface area (Å²) in [6.07, 6.45) is 1.94. The molecule has 1 aliphatic heterocycles. The van der Waals surface area contributed by atoms with E-state index in [1.165, 1.54) is 25.0 Å². The number of carboxylic acids is 2. The number of nitrogens with one attached hydrogen (secondary N) is 1. The molecule has 0 radical (unpaired) electrons. The van der Waals surface area contributed by atoms with Gasteiger partial charge in [0.05, 0.1) is 17.2 Å². The van der Waals surface area contributed by atoms with Crippen molar-refractivity contribution < 1.29 is 37.8 Å². The summed E-state index contributed by atoms with van der Waals surface area (Å²) in [4.78, 5) is 36.8. The molecule has 1 saturated heterocycles. The molecule has 10 nitrogen and oxygen atoms in total. The molecule has 188 valence electrons. The van der Waals surface area contributed by atoms with Gasteiger partial charge in [-0.1, -0.05) is 19.1 Å². The van der Waals surface area contributed by atoms with Gasteiger partial charge in [0, 0.05) is 18.8 Å². The second kappa shape index (κ2) is 11.3. The van der Waals surface area contributed by atoms with Crippen molar-refractivity contribution in [2.45, 2.75) is 49.5 Å². The molecule has 2 atom stereocenters. The van der Waals surface area contributed by atoms with Crippen molar-refractivity contribution in [2.75, 3.05) is 18.0 Å². The molecule has 35 heavy (non-hydrogen) atoms. The maximum absolute atomic E-state index is 12.8. The van der Waals surface area contributed by atoms with E-state index in [-0.39, 0.29) is 10.6 Å². The van der Waals surface area contributed by atoms with Gasteiger partial charge in [0.2, 0.25) is 10.0 Å². The predicted octanol–water partition coefficient (Wildman–Crippen LogP) is 2.59. The van der Waals surface area contributed by atoms with E-state index in [0.29, 0.717) is 6.42 Å². The lowest BCUT2D eigenvalue weighted by Crippen LogP contribution is -2.42. The summed E-state index contributed by atoms with van der Waals surface area (Å²) in [6, 6.07) is 10.9. The Hall–Kier alpha value is -3.44. The average Bonchev–Trinajstić information content (AvgIpc) is 3.34. The third kappa shape index (κ3) is 6.80. The first kappa shape index (κ1) is 26.2. The molecule has 3 rings (SSSR count). The van der Waals surface area contributed by atoms with Gasteiger partial charge in [0.25, 0.3) is 0 Å². The van der Waals surface area contributed by atoms with Crippen molar-refractivity contribution >= 4 is 33.6 Å². The number of esters is 1. The van der Waals surface area contributed by atoms with E-state index in [4.69, 9.17) is 14.9 Å². The zero-order valence-electron chi connectivity index (χ0n) is 19.2. The highest BCUT2D eigenvalue weighted by Crippen LogP contribution is 2.27. The monoisotopic (exact) mass is 504 g/mol. The van der Waals surface area contributed by atoms with Crippen LogP contribution in [0.5, 0.6) is 5.75 Å². The van der Waals surface area contributed by atoms with Crippen molar-refractivity contribution in [1.82, 2.24) is 4.72 Å². The number of carbonyl (C=O) groups is 3. The molecule has 0 amide bonds. The first-order valence-electron chi connectivity index (χ1n) is 11.2. The molecule has 0 saturated carbocycles. The fourth-order valence-electron chi connectivity index (χ4n) is 3.91. The van der Waals surface area contributed by atoms with Crippen LogP contribution >= 0.6 is 0 Å². The van der Waals surface area contributed by atoms with Gasteiger partial charge in [0.1, 0.15) is 11.8 Å². The average molecular weight is 505 g/mol. The maximum atomic E-state index is 12.8. The van der Waals surface area contributed by atoms with E-state index in [0.717, 1.165) is 36.5 Å². The van der Waals surface area contributed by atoms with Crippen molar-refractivity contribution in [2.24, 2.45) is 0 Å². The van der Waals surface area contributed by atoms with E-state index in [1.54, 1.807) is 0 Å². The quantitative estimate of drug-likeness (QED) is 0.310. The van der Waals surface area contributed by atoms with E-state index in [2.05, 4.69) is 4.90 Å². The summed E-state index contributed by atoms with van der Waals surface area (Å²) in [7, 11) is -4.31. The summed E-state index contributed by atoms with van der Waals surface area (Å²) in [5.41, 5.74) is 1.94. The summed E-state index contributed by atoms with van der Waals surface area (Å²) in [6.45, 7) is 3.92. The highest BCUT2D eigenvalue weighted by molar-refractivity contribution is 7.89. The smallest absolute Gasteiger partial charge is 0.322 e. The van der Waals surface area contributed by atoms with Crippen molar-refractivity contribution in [3.05, 3.63) is 54.1 Å². The van der Waals surface area contributed by atoms with Gasteiger partial charge in [0.15, 0.2) is 0 Å². The van der Waals surface area contributed by atoms with Crippen molar-refractivity contribution in [3.63, 3.8) is 0 Å². The van der Waals surface area contributed by atoms with Crippen molar-refractivity contribution in [1.29, 1.82) is 0 Å². The molecule has 1 fully saturated rings. The minimum atomic E-state index is -4.31. The SMILES string of the molecule is CCC(C(=O)Oc1ccc(S(=O)(=O)N[C@@H](CC(=O)O)C(=O)O)cc1)c1ccc(N2CCCC2)cc1. The van der Waals surface area contributed by atoms with Crippen LogP contribution < -0.4 is 14.4 Å². The number of benzene rings is 2. The minimum Gasteiger partial charge on any atom is -0.481 e. The standard InChI is InChI=1S/C24H28N2O8S/c1-2-20(16-5-7-17(8-6-16)26-13-3-4-14-26)24(31)34-18-9-11-19(12-10-18)35(32,33)25-21(23(29)30)15-22(27)28/h5-12,20-21,25H,2-4,13-15H2,1H3,(H,27,28)(H,29,30)/t20?,21-/m0/s1. The Morgan fingerprint density at radius 2 is 1.60 bits per heavy atom. The molecule has 2 aromatic rings. The number of aliphatic carboxylic acids is 2. The molecule has 11 heteroatoms. The first-order valence-corrected chi connectivity index (χ1v) is 12.7. The Morgan fingerprint density at radius 1 is 1.00 bits per heavy atom. The van der Waals surface area contributed by atoms with Gasteiger partial charge in [-0.25, -0.2) is 8.42 Å². The number of hydrogen-bond acceptors (Lipinski definition) is 7. The summed E-state index contributed by atoms with van der Waals surface area (Å²) in [5, 5.41) is 17.8. The van der Waals surface area contributed by atoms with Crippen LogP contribution in [0.1, 0.15) is 44.1 Å². The van der Waals surface area contributed by atoms with Crippen LogP contribution in [0, 0.1) is 0 Å². The molecule has 3 N–H and O–H groups in total. The number of carboxylic acid groups (broad SMARTS) is 2. The molecule has 0 aliphatic carbocycles.